The van der Waals surface area contributed by atoms with Crippen LogP contribution in [-0.2, 0) is 21.5 Å². The highest BCUT2D eigenvalue weighted by atomic mass is 16.5. The van der Waals surface area contributed by atoms with Crippen molar-refractivity contribution in [3.8, 4) is 0 Å². The molecule has 3 nitrogen and oxygen atoms in total. The molecule has 20 heavy (non-hydrogen) atoms. The second kappa shape index (κ2) is 7.44. The van der Waals surface area contributed by atoms with Crippen LogP contribution in [0.25, 0.3) is 0 Å². The van der Waals surface area contributed by atoms with Gasteiger partial charge in [-0.25, -0.2) is 0 Å². The lowest BCUT2D eigenvalue weighted by atomic mass is 9.87. The molecule has 0 heterocycles. The number of esters is 1. The predicted molar refractivity (Wildman–Crippen MR) is 82.7 cm³/mol. The molecule has 112 valence electrons. The molecule has 0 unspecified atom stereocenters. The van der Waals surface area contributed by atoms with E-state index in [1.807, 2.05) is 0 Å². The molecule has 0 saturated carbocycles. The van der Waals surface area contributed by atoms with Crippen LogP contribution in [0.1, 0.15) is 44.7 Å². The van der Waals surface area contributed by atoms with Gasteiger partial charge in [-0.1, -0.05) is 45.0 Å². The van der Waals surface area contributed by atoms with Crippen molar-refractivity contribution in [1.29, 1.82) is 0 Å². The first-order valence-electron chi connectivity index (χ1n) is 7.17. The van der Waals surface area contributed by atoms with Crippen LogP contribution in [0.5, 0.6) is 0 Å². The van der Waals surface area contributed by atoms with E-state index >= 15 is 0 Å². The van der Waals surface area contributed by atoms with E-state index in [1.165, 1.54) is 18.2 Å². The lowest BCUT2D eigenvalue weighted by molar-refractivity contribution is -0.140. The molecular weight excluding hydrogens is 250 g/mol. The van der Waals surface area contributed by atoms with E-state index in [9.17, 15) is 4.79 Å². The van der Waals surface area contributed by atoms with E-state index in [2.05, 4.69) is 61.7 Å². The van der Waals surface area contributed by atoms with Gasteiger partial charge < -0.3 is 9.64 Å². The van der Waals surface area contributed by atoms with Crippen molar-refractivity contribution in [1.82, 2.24) is 4.90 Å². The zero-order chi connectivity index (χ0) is 15.2. The van der Waals surface area contributed by atoms with E-state index in [4.69, 9.17) is 0 Å². The van der Waals surface area contributed by atoms with E-state index in [0.717, 1.165) is 19.5 Å². The molecule has 0 aliphatic rings. The minimum Gasteiger partial charge on any atom is -0.469 e. The van der Waals surface area contributed by atoms with Crippen molar-refractivity contribution >= 4 is 5.97 Å². The molecule has 0 bridgehead atoms. The largest absolute Gasteiger partial charge is 0.469 e. The molecule has 0 amide bonds. The Morgan fingerprint density at radius 3 is 2.30 bits per heavy atom. The van der Waals surface area contributed by atoms with Crippen LogP contribution in [0.4, 0.5) is 0 Å². The topological polar surface area (TPSA) is 29.5 Å². The van der Waals surface area contributed by atoms with Crippen molar-refractivity contribution in [3.63, 3.8) is 0 Å². The number of benzene rings is 1. The summed E-state index contributed by atoms with van der Waals surface area (Å²) in [5.74, 6) is -0.132. The van der Waals surface area contributed by atoms with Crippen molar-refractivity contribution in [2.75, 3.05) is 20.7 Å². The van der Waals surface area contributed by atoms with Crippen LogP contribution < -0.4 is 0 Å². The fraction of sp³-hybridized carbons (Fsp3) is 0.588. The number of methoxy groups -OCH3 is 1. The third kappa shape index (κ3) is 5.74. The summed E-state index contributed by atoms with van der Waals surface area (Å²) in [6.07, 6.45) is 1.33. The Hall–Kier alpha value is -1.35. The van der Waals surface area contributed by atoms with Gasteiger partial charge in [-0.3, -0.25) is 4.79 Å². The molecule has 0 radical (unpaired) electrons. The van der Waals surface area contributed by atoms with Crippen molar-refractivity contribution in [2.45, 2.75) is 45.6 Å². The van der Waals surface area contributed by atoms with Gasteiger partial charge in [0.25, 0.3) is 0 Å². The van der Waals surface area contributed by atoms with Crippen LogP contribution >= 0.6 is 0 Å². The average molecular weight is 277 g/mol. The maximum absolute atomic E-state index is 11.0. The third-order valence-electron chi connectivity index (χ3n) is 3.42. The molecular formula is C17H27NO2. The average Bonchev–Trinajstić information content (AvgIpc) is 2.38. The summed E-state index contributed by atoms with van der Waals surface area (Å²) >= 11 is 0. The van der Waals surface area contributed by atoms with Crippen LogP contribution in [-0.4, -0.2) is 31.6 Å². The predicted octanol–water partition coefficient (Wildman–Crippen LogP) is 3.37. The Morgan fingerprint density at radius 1 is 1.20 bits per heavy atom. The second-order valence-electron chi connectivity index (χ2n) is 6.36. The van der Waals surface area contributed by atoms with E-state index in [0.29, 0.717) is 6.42 Å². The van der Waals surface area contributed by atoms with Crippen LogP contribution in [0.3, 0.4) is 0 Å². The Balaban J connectivity index is 2.42. The minimum absolute atomic E-state index is 0.132. The summed E-state index contributed by atoms with van der Waals surface area (Å²) in [5.41, 5.74) is 2.86. The number of rotatable bonds is 6. The number of hydrogen-bond acceptors (Lipinski definition) is 3. The summed E-state index contributed by atoms with van der Waals surface area (Å²) < 4.78 is 4.64. The molecule has 0 saturated heterocycles. The molecule has 3 heteroatoms. The highest BCUT2D eigenvalue weighted by molar-refractivity contribution is 5.69. The van der Waals surface area contributed by atoms with Crippen LogP contribution in [0, 0.1) is 0 Å². The lowest BCUT2D eigenvalue weighted by Gasteiger charge is -2.20. The summed E-state index contributed by atoms with van der Waals surface area (Å²) in [6.45, 7) is 8.48. The zero-order valence-electron chi connectivity index (χ0n) is 13.4. The molecule has 0 fully saturated rings. The second-order valence-corrected chi connectivity index (χ2v) is 6.36. The summed E-state index contributed by atoms with van der Waals surface area (Å²) in [6, 6.07) is 8.80. The zero-order valence-corrected chi connectivity index (χ0v) is 13.4. The molecule has 1 rings (SSSR count). The monoisotopic (exact) mass is 277 g/mol. The summed E-state index contributed by atoms with van der Waals surface area (Å²) in [5, 5.41) is 0. The summed E-state index contributed by atoms with van der Waals surface area (Å²) in [7, 11) is 3.51. The van der Waals surface area contributed by atoms with Crippen LogP contribution in [0.2, 0.25) is 0 Å². The summed E-state index contributed by atoms with van der Waals surface area (Å²) in [4.78, 5) is 13.3. The molecule has 0 N–H and O–H groups in total. The third-order valence-corrected chi connectivity index (χ3v) is 3.42. The molecule has 0 spiro atoms. The van der Waals surface area contributed by atoms with Crippen molar-refractivity contribution in [2.24, 2.45) is 0 Å². The van der Waals surface area contributed by atoms with Crippen LogP contribution in [0.15, 0.2) is 24.3 Å². The lowest BCUT2D eigenvalue weighted by Crippen LogP contribution is -2.20. The van der Waals surface area contributed by atoms with Gasteiger partial charge in [-0.05, 0) is 36.6 Å². The van der Waals surface area contributed by atoms with E-state index in [1.54, 1.807) is 0 Å². The van der Waals surface area contributed by atoms with Gasteiger partial charge in [-0.15, -0.1) is 0 Å². The molecule has 0 aromatic heterocycles. The number of carbonyl (C=O) groups excluding carboxylic acids is 1. The van der Waals surface area contributed by atoms with E-state index in [-0.39, 0.29) is 11.4 Å². The Kier molecular flexibility index (Phi) is 6.21. The Morgan fingerprint density at radius 2 is 1.80 bits per heavy atom. The maximum atomic E-state index is 11.0. The first-order valence-corrected chi connectivity index (χ1v) is 7.17. The SMILES string of the molecule is COC(=O)CCCN(C)Cc1ccc(C(C)(C)C)cc1. The minimum atomic E-state index is -0.132. The molecule has 0 aliphatic carbocycles. The molecule has 0 aliphatic heterocycles. The van der Waals surface area contributed by atoms with Gasteiger partial charge in [-0.2, -0.15) is 0 Å². The van der Waals surface area contributed by atoms with Gasteiger partial charge in [0.1, 0.15) is 0 Å². The van der Waals surface area contributed by atoms with E-state index < -0.39 is 0 Å². The quantitative estimate of drug-likeness (QED) is 0.747. The maximum Gasteiger partial charge on any atom is 0.305 e. The highest BCUT2D eigenvalue weighted by Crippen LogP contribution is 2.22. The van der Waals surface area contributed by atoms with Gasteiger partial charge in [0.05, 0.1) is 7.11 Å². The van der Waals surface area contributed by atoms with Gasteiger partial charge in [0, 0.05) is 13.0 Å². The number of hydrogen-bond donors (Lipinski definition) is 0. The Bertz CT molecular complexity index is 418. The molecule has 1 aromatic carbocycles. The smallest absolute Gasteiger partial charge is 0.305 e. The highest BCUT2D eigenvalue weighted by Gasteiger charge is 2.13. The number of ether oxygens (including phenoxy) is 1. The van der Waals surface area contributed by atoms with Gasteiger partial charge >= 0.3 is 5.97 Å². The first-order chi connectivity index (χ1) is 9.32. The molecule has 0 atom stereocenters. The molecule has 1 aromatic rings. The normalized spacial score (nSPS) is 11.7. The fourth-order valence-corrected chi connectivity index (χ4v) is 2.10. The van der Waals surface area contributed by atoms with Gasteiger partial charge in [0.15, 0.2) is 0 Å². The fourth-order valence-electron chi connectivity index (χ4n) is 2.10. The van der Waals surface area contributed by atoms with Crippen molar-refractivity contribution < 1.29 is 9.53 Å². The number of nitrogens with zero attached hydrogens (tertiary/aromatic N) is 1. The number of carbonyl (C=O) groups is 1. The first kappa shape index (κ1) is 16.7. The van der Waals surface area contributed by atoms with Gasteiger partial charge in [0.2, 0.25) is 0 Å². The van der Waals surface area contributed by atoms with Crippen molar-refractivity contribution in [3.05, 3.63) is 35.4 Å². The standard InChI is InChI=1S/C17H27NO2/c1-17(2,3)15-10-8-14(9-11-15)13-18(4)12-6-7-16(19)20-5/h8-11H,6-7,12-13H2,1-5H3. The Labute approximate surface area is 122 Å².